The van der Waals surface area contributed by atoms with Crippen molar-refractivity contribution in [3.05, 3.63) is 33.5 Å². The summed E-state index contributed by atoms with van der Waals surface area (Å²) in [5, 5.41) is 9.49. The largest absolute Gasteiger partial charge is 0.476 e. The molecule has 0 aliphatic heterocycles. The Hall–Kier alpha value is -1.11. The Morgan fingerprint density at radius 2 is 2.29 bits per heavy atom. The molecule has 0 fully saturated rings. The molecule has 0 saturated heterocycles. The standard InChI is InChI=1S/C10H4BrClN2O2S/c11-4-1-2-6-8(7(4)12)17-10-13-5(9(15)16)3-14(6)10/h1-3H,(H,15,16). The third kappa shape index (κ3) is 1.55. The fraction of sp³-hybridized carbons (Fsp3) is 0. The smallest absolute Gasteiger partial charge is 0.356 e. The van der Waals surface area contributed by atoms with E-state index < -0.39 is 5.97 Å². The number of hydrogen-bond donors (Lipinski definition) is 1. The van der Waals surface area contributed by atoms with Gasteiger partial charge in [0.1, 0.15) is 0 Å². The van der Waals surface area contributed by atoms with Gasteiger partial charge in [0.25, 0.3) is 0 Å². The van der Waals surface area contributed by atoms with E-state index in [9.17, 15) is 4.79 Å². The highest BCUT2D eigenvalue weighted by Crippen LogP contribution is 2.36. The van der Waals surface area contributed by atoms with Gasteiger partial charge in [0, 0.05) is 10.7 Å². The van der Waals surface area contributed by atoms with E-state index in [1.165, 1.54) is 17.5 Å². The van der Waals surface area contributed by atoms with Gasteiger partial charge in [-0.1, -0.05) is 22.9 Å². The Kier molecular flexibility index (Phi) is 2.39. The van der Waals surface area contributed by atoms with Gasteiger partial charge in [-0.05, 0) is 28.1 Å². The maximum absolute atomic E-state index is 10.8. The van der Waals surface area contributed by atoms with E-state index in [0.29, 0.717) is 9.98 Å². The van der Waals surface area contributed by atoms with Crippen LogP contribution in [-0.4, -0.2) is 20.5 Å². The van der Waals surface area contributed by atoms with E-state index in [-0.39, 0.29) is 5.69 Å². The van der Waals surface area contributed by atoms with E-state index in [1.807, 2.05) is 12.1 Å². The molecule has 2 heterocycles. The van der Waals surface area contributed by atoms with Crippen molar-refractivity contribution in [1.29, 1.82) is 0 Å². The van der Waals surface area contributed by atoms with E-state index in [0.717, 1.165) is 14.7 Å². The Balaban J connectivity index is 2.42. The quantitative estimate of drug-likeness (QED) is 0.740. The normalized spacial score (nSPS) is 11.4. The van der Waals surface area contributed by atoms with E-state index in [2.05, 4.69) is 20.9 Å². The minimum Gasteiger partial charge on any atom is -0.476 e. The fourth-order valence-electron chi connectivity index (χ4n) is 1.61. The molecule has 0 aliphatic carbocycles. The number of carboxylic acid groups (broad SMARTS) is 1. The first-order chi connectivity index (χ1) is 8.08. The third-order valence-electron chi connectivity index (χ3n) is 2.37. The van der Waals surface area contributed by atoms with E-state index in [1.54, 1.807) is 4.40 Å². The van der Waals surface area contributed by atoms with E-state index >= 15 is 0 Å². The predicted molar refractivity (Wildman–Crippen MR) is 70.2 cm³/mol. The molecule has 0 radical (unpaired) electrons. The molecule has 0 unspecified atom stereocenters. The monoisotopic (exact) mass is 330 g/mol. The number of imidazole rings is 1. The Morgan fingerprint density at radius 1 is 1.53 bits per heavy atom. The SMILES string of the molecule is O=C(O)c1cn2c(n1)sc1c(Cl)c(Br)ccc12. The molecule has 0 atom stereocenters. The van der Waals surface area contributed by atoms with Gasteiger partial charge >= 0.3 is 5.97 Å². The number of fused-ring (bicyclic) bond motifs is 3. The summed E-state index contributed by atoms with van der Waals surface area (Å²) in [6.07, 6.45) is 1.50. The number of aromatic carboxylic acids is 1. The Bertz CT molecular complexity index is 764. The maximum atomic E-state index is 10.8. The van der Waals surface area contributed by atoms with Crippen LogP contribution in [0.25, 0.3) is 15.2 Å². The van der Waals surface area contributed by atoms with Crippen molar-refractivity contribution < 1.29 is 9.90 Å². The van der Waals surface area contributed by atoms with Crippen LogP contribution in [-0.2, 0) is 0 Å². The molecule has 0 bridgehead atoms. The fourth-order valence-corrected chi connectivity index (χ4v) is 3.39. The summed E-state index contributed by atoms with van der Waals surface area (Å²) in [4.78, 5) is 15.5. The van der Waals surface area contributed by atoms with Gasteiger partial charge in [0.05, 0.1) is 15.2 Å². The summed E-state index contributed by atoms with van der Waals surface area (Å²) in [6.45, 7) is 0. The van der Waals surface area contributed by atoms with Crippen molar-refractivity contribution in [2.45, 2.75) is 0 Å². The van der Waals surface area contributed by atoms with Crippen molar-refractivity contribution in [3.8, 4) is 0 Å². The topological polar surface area (TPSA) is 54.6 Å². The zero-order chi connectivity index (χ0) is 12.2. The molecule has 1 N–H and O–H groups in total. The van der Waals surface area contributed by atoms with Crippen LogP contribution in [0.4, 0.5) is 0 Å². The van der Waals surface area contributed by atoms with Crippen molar-refractivity contribution in [3.63, 3.8) is 0 Å². The summed E-state index contributed by atoms with van der Waals surface area (Å²) >= 11 is 10.9. The van der Waals surface area contributed by atoms with Gasteiger partial charge in [0.2, 0.25) is 0 Å². The first-order valence-corrected chi connectivity index (χ1v) is 6.55. The zero-order valence-corrected chi connectivity index (χ0v) is 11.3. The number of halogens is 2. The molecule has 86 valence electrons. The lowest BCUT2D eigenvalue weighted by Crippen LogP contribution is -1.95. The van der Waals surface area contributed by atoms with Crippen LogP contribution in [0, 0.1) is 0 Å². The lowest BCUT2D eigenvalue weighted by atomic mass is 10.3. The molecular weight excluding hydrogens is 328 g/mol. The number of carbonyl (C=O) groups is 1. The van der Waals surface area contributed by atoms with Gasteiger partial charge in [-0.2, -0.15) is 0 Å². The third-order valence-corrected chi connectivity index (χ3v) is 4.86. The predicted octanol–water partition coefficient (Wildman–Crippen LogP) is 3.66. The summed E-state index contributed by atoms with van der Waals surface area (Å²) in [7, 11) is 0. The van der Waals surface area contributed by atoms with Gasteiger partial charge in [-0.15, -0.1) is 0 Å². The van der Waals surface area contributed by atoms with Crippen LogP contribution in [0.5, 0.6) is 0 Å². The highest BCUT2D eigenvalue weighted by Gasteiger charge is 2.15. The molecule has 0 aliphatic rings. The Labute approximate surface area is 113 Å². The molecular formula is C10H4BrClN2O2S. The second kappa shape index (κ2) is 3.69. The maximum Gasteiger partial charge on any atom is 0.356 e. The second-order valence-corrected chi connectivity index (χ2v) is 5.61. The number of hydrogen-bond acceptors (Lipinski definition) is 3. The molecule has 2 aromatic heterocycles. The van der Waals surface area contributed by atoms with Crippen LogP contribution in [0.1, 0.15) is 10.5 Å². The number of benzene rings is 1. The summed E-state index contributed by atoms with van der Waals surface area (Å²) < 4.78 is 3.44. The molecule has 3 rings (SSSR count). The van der Waals surface area contributed by atoms with Crippen molar-refractivity contribution >= 4 is 60.0 Å². The molecule has 3 aromatic rings. The van der Waals surface area contributed by atoms with Crippen molar-refractivity contribution in [2.75, 3.05) is 0 Å². The first-order valence-electron chi connectivity index (χ1n) is 4.57. The van der Waals surface area contributed by atoms with E-state index in [4.69, 9.17) is 16.7 Å². The molecule has 0 amide bonds. The molecule has 1 aromatic carbocycles. The summed E-state index contributed by atoms with van der Waals surface area (Å²) in [5.41, 5.74) is 0.899. The lowest BCUT2D eigenvalue weighted by molar-refractivity contribution is 0.0691. The van der Waals surface area contributed by atoms with Crippen LogP contribution >= 0.6 is 38.9 Å². The van der Waals surface area contributed by atoms with Crippen LogP contribution in [0.2, 0.25) is 5.02 Å². The van der Waals surface area contributed by atoms with Crippen molar-refractivity contribution in [1.82, 2.24) is 9.38 Å². The molecule has 4 nitrogen and oxygen atoms in total. The van der Waals surface area contributed by atoms with Crippen LogP contribution in [0.3, 0.4) is 0 Å². The zero-order valence-electron chi connectivity index (χ0n) is 8.15. The van der Waals surface area contributed by atoms with Crippen LogP contribution in [0.15, 0.2) is 22.8 Å². The summed E-state index contributed by atoms with van der Waals surface area (Å²) in [6, 6.07) is 3.71. The minimum atomic E-state index is -1.03. The van der Waals surface area contributed by atoms with Gasteiger partial charge < -0.3 is 5.11 Å². The van der Waals surface area contributed by atoms with Gasteiger partial charge in [-0.25, -0.2) is 9.78 Å². The van der Waals surface area contributed by atoms with Crippen molar-refractivity contribution in [2.24, 2.45) is 0 Å². The van der Waals surface area contributed by atoms with Gasteiger partial charge in [-0.3, -0.25) is 4.40 Å². The summed E-state index contributed by atoms with van der Waals surface area (Å²) in [5.74, 6) is -1.03. The first kappa shape index (κ1) is 11.0. The average molecular weight is 332 g/mol. The number of aromatic nitrogens is 2. The number of rotatable bonds is 1. The molecule has 17 heavy (non-hydrogen) atoms. The number of nitrogens with zero attached hydrogens (tertiary/aromatic N) is 2. The average Bonchev–Trinajstić information content (AvgIpc) is 2.81. The lowest BCUT2D eigenvalue weighted by Gasteiger charge is -1.96. The molecule has 0 saturated carbocycles. The minimum absolute atomic E-state index is 0.0391. The van der Waals surface area contributed by atoms with Crippen LogP contribution < -0.4 is 0 Å². The number of thiazole rings is 1. The highest BCUT2D eigenvalue weighted by atomic mass is 79.9. The molecule has 0 spiro atoms. The second-order valence-electron chi connectivity index (χ2n) is 3.40. The number of carboxylic acids is 1. The molecule has 7 heteroatoms. The highest BCUT2D eigenvalue weighted by molar-refractivity contribution is 9.10. The van der Waals surface area contributed by atoms with Gasteiger partial charge in [0.15, 0.2) is 10.7 Å². The Morgan fingerprint density at radius 3 is 3.00 bits per heavy atom.